The SMILES string of the molecule is CC(C)Nc1ccccc1C(=O)NCc1ncc[nH]1. The van der Waals surface area contributed by atoms with Crippen molar-refractivity contribution >= 4 is 11.6 Å². The van der Waals surface area contributed by atoms with Gasteiger partial charge in [0.15, 0.2) is 0 Å². The van der Waals surface area contributed by atoms with E-state index in [2.05, 4.69) is 20.6 Å². The molecule has 0 radical (unpaired) electrons. The van der Waals surface area contributed by atoms with Crippen LogP contribution < -0.4 is 10.6 Å². The van der Waals surface area contributed by atoms with Crippen molar-refractivity contribution in [3.8, 4) is 0 Å². The number of hydrogen-bond donors (Lipinski definition) is 3. The number of nitrogens with one attached hydrogen (secondary N) is 3. The fourth-order valence-electron chi connectivity index (χ4n) is 1.77. The molecule has 0 saturated carbocycles. The lowest BCUT2D eigenvalue weighted by atomic mass is 10.1. The molecule has 0 spiro atoms. The zero-order chi connectivity index (χ0) is 13.7. The number of aromatic amines is 1. The van der Waals surface area contributed by atoms with Crippen molar-refractivity contribution in [3.63, 3.8) is 0 Å². The Morgan fingerprint density at radius 1 is 1.37 bits per heavy atom. The first-order chi connectivity index (χ1) is 9.16. The van der Waals surface area contributed by atoms with E-state index in [9.17, 15) is 4.79 Å². The molecule has 0 bridgehead atoms. The average Bonchev–Trinajstić information content (AvgIpc) is 2.89. The number of amides is 1. The summed E-state index contributed by atoms with van der Waals surface area (Å²) in [4.78, 5) is 19.2. The number of carbonyl (C=O) groups excluding carboxylic acids is 1. The first-order valence-electron chi connectivity index (χ1n) is 6.29. The maximum Gasteiger partial charge on any atom is 0.253 e. The van der Waals surface area contributed by atoms with Crippen LogP contribution in [0.3, 0.4) is 0 Å². The fraction of sp³-hybridized carbons (Fsp3) is 0.286. The number of H-pyrrole nitrogens is 1. The second-order valence-corrected chi connectivity index (χ2v) is 4.56. The molecule has 0 aliphatic carbocycles. The number of para-hydroxylation sites is 1. The van der Waals surface area contributed by atoms with Crippen LogP contribution in [0.1, 0.15) is 30.0 Å². The highest BCUT2D eigenvalue weighted by Gasteiger charge is 2.11. The molecule has 2 rings (SSSR count). The number of nitrogens with zero attached hydrogens (tertiary/aromatic N) is 1. The maximum atomic E-state index is 12.1. The van der Waals surface area contributed by atoms with Crippen molar-refractivity contribution in [1.29, 1.82) is 0 Å². The summed E-state index contributed by atoms with van der Waals surface area (Å²) < 4.78 is 0. The van der Waals surface area contributed by atoms with Crippen molar-refractivity contribution < 1.29 is 4.79 Å². The van der Waals surface area contributed by atoms with Gasteiger partial charge in [-0.1, -0.05) is 12.1 Å². The molecule has 3 N–H and O–H groups in total. The van der Waals surface area contributed by atoms with Crippen LogP contribution in [-0.4, -0.2) is 21.9 Å². The molecular formula is C14H18N4O. The summed E-state index contributed by atoms with van der Waals surface area (Å²) in [6, 6.07) is 7.75. The van der Waals surface area contributed by atoms with Crippen LogP contribution in [0.2, 0.25) is 0 Å². The van der Waals surface area contributed by atoms with Gasteiger partial charge >= 0.3 is 0 Å². The first kappa shape index (κ1) is 13.1. The zero-order valence-electron chi connectivity index (χ0n) is 11.1. The predicted octanol–water partition coefficient (Wildman–Crippen LogP) is 2.16. The zero-order valence-corrected chi connectivity index (χ0v) is 11.1. The summed E-state index contributed by atoms with van der Waals surface area (Å²) in [5.74, 6) is 0.628. The lowest BCUT2D eigenvalue weighted by molar-refractivity contribution is 0.0950. The van der Waals surface area contributed by atoms with Gasteiger partial charge in [-0.3, -0.25) is 4.79 Å². The van der Waals surface area contributed by atoms with Gasteiger partial charge in [0.2, 0.25) is 0 Å². The fourth-order valence-corrected chi connectivity index (χ4v) is 1.77. The monoisotopic (exact) mass is 258 g/mol. The number of aromatic nitrogens is 2. The van der Waals surface area contributed by atoms with Gasteiger partial charge in [-0.15, -0.1) is 0 Å². The molecule has 0 fully saturated rings. The number of anilines is 1. The third kappa shape index (κ3) is 3.58. The molecule has 5 nitrogen and oxygen atoms in total. The molecule has 0 saturated heterocycles. The normalized spacial score (nSPS) is 10.5. The van der Waals surface area contributed by atoms with E-state index in [0.717, 1.165) is 11.5 Å². The third-order valence-electron chi connectivity index (χ3n) is 2.59. The number of hydrogen-bond acceptors (Lipinski definition) is 3. The van der Waals surface area contributed by atoms with Crippen LogP contribution in [0.5, 0.6) is 0 Å². The van der Waals surface area contributed by atoms with Gasteiger partial charge in [0.1, 0.15) is 5.82 Å². The molecule has 19 heavy (non-hydrogen) atoms. The van der Waals surface area contributed by atoms with E-state index >= 15 is 0 Å². The summed E-state index contributed by atoms with van der Waals surface area (Å²) in [5.41, 5.74) is 1.48. The lowest BCUT2D eigenvalue weighted by Gasteiger charge is -2.14. The Morgan fingerprint density at radius 2 is 2.16 bits per heavy atom. The molecule has 1 heterocycles. The van der Waals surface area contributed by atoms with Gasteiger partial charge in [-0.25, -0.2) is 4.98 Å². The molecule has 100 valence electrons. The molecule has 0 aliphatic heterocycles. The van der Waals surface area contributed by atoms with Gasteiger partial charge < -0.3 is 15.6 Å². The van der Waals surface area contributed by atoms with E-state index in [-0.39, 0.29) is 11.9 Å². The van der Waals surface area contributed by atoms with Gasteiger partial charge in [-0.2, -0.15) is 0 Å². The standard InChI is InChI=1S/C14H18N4O/c1-10(2)18-12-6-4-3-5-11(12)14(19)17-9-13-15-7-8-16-13/h3-8,10,18H,9H2,1-2H3,(H,15,16)(H,17,19). The van der Waals surface area contributed by atoms with Crippen molar-refractivity contribution in [3.05, 3.63) is 48.0 Å². The predicted molar refractivity (Wildman–Crippen MR) is 75.0 cm³/mol. The van der Waals surface area contributed by atoms with E-state index in [1.165, 1.54) is 0 Å². The highest BCUT2D eigenvalue weighted by Crippen LogP contribution is 2.15. The van der Waals surface area contributed by atoms with Crippen LogP contribution >= 0.6 is 0 Å². The molecule has 1 aromatic carbocycles. The number of benzene rings is 1. The van der Waals surface area contributed by atoms with E-state index in [1.54, 1.807) is 12.4 Å². The summed E-state index contributed by atoms with van der Waals surface area (Å²) in [6.45, 7) is 4.47. The highest BCUT2D eigenvalue weighted by molar-refractivity contribution is 5.99. The first-order valence-corrected chi connectivity index (χ1v) is 6.29. The minimum atomic E-state index is -0.111. The van der Waals surface area contributed by atoms with Crippen molar-refractivity contribution in [2.45, 2.75) is 26.4 Å². The second-order valence-electron chi connectivity index (χ2n) is 4.56. The van der Waals surface area contributed by atoms with E-state index in [4.69, 9.17) is 0 Å². The van der Waals surface area contributed by atoms with Crippen LogP contribution in [-0.2, 0) is 6.54 Å². The molecular weight excluding hydrogens is 240 g/mol. The molecule has 2 aromatic rings. The van der Waals surface area contributed by atoms with E-state index < -0.39 is 0 Å². The van der Waals surface area contributed by atoms with E-state index in [0.29, 0.717) is 12.1 Å². The third-order valence-corrected chi connectivity index (χ3v) is 2.59. The van der Waals surface area contributed by atoms with Crippen LogP contribution in [0.4, 0.5) is 5.69 Å². The Balaban J connectivity index is 2.06. The Bertz CT molecular complexity index is 534. The number of rotatable bonds is 5. The number of carbonyl (C=O) groups is 1. The smallest absolute Gasteiger partial charge is 0.253 e. The Morgan fingerprint density at radius 3 is 2.84 bits per heavy atom. The van der Waals surface area contributed by atoms with Crippen molar-refractivity contribution in [2.75, 3.05) is 5.32 Å². The van der Waals surface area contributed by atoms with Gasteiger partial charge in [-0.05, 0) is 26.0 Å². The molecule has 0 aliphatic rings. The quantitative estimate of drug-likeness (QED) is 0.769. The van der Waals surface area contributed by atoms with Crippen LogP contribution in [0.15, 0.2) is 36.7 Å². The molecule has 0 atom stereocenters. The van der Waals surface area contributed by atoms with Crippen molar-refractivity contribution in [2.24, 2.45) is 0 Å². The minimum Gasteiger partial charge on any atom is -0.382 e. The Labute approximate surface area is 112 Å². The molecule has 5 heteroatoms. The average molecular weight is 258 g/mol. The summed E-state index contributed by atoms with van der Waals surface area (Å²) >= 11 is 0. The van der Waals surface area contributed by atoms with Gasteiger partial charge in [0.25, 0.3) is 5.91 Å². The van der Waals surface area contributed by atoms with Crippen molar-refractivity contribution in [1.82, 2.24) is 15.3 Å². The van der Waals surface area contributed by atoms with Crippen LogP contribution in [0, 0.1) is 0 Å². The Hall–Kier alpha value is -2.30. The van der Waals surface area contributed by atoms with Crippen LogP contribution in [0.25, 0.3) is 0 Å². The largest absolute Gasteiger partial charge is 0.382 e. The van der Waals surface area contributed by atoms with Gasteiger partial charge in [0.05, 0.1) is 12.1 Å². The second kappa shape index (κ2) is 6.04. The van der Waals surface area contributed by atoms with Gasteiger partial charge in [0, 0.05) is 24.1 Å². The molecule has 1 amide bonds. The summed E-state index contributed by atoms with van der Waals surface area (Å²) in [6.07, 6.45) is 3.39. The summed E-state index contributed by atoms with van der Waals surface area (Å²) in [5, 5.41) is 6.11. The number of imidazole rings is 1. The Kier molecular flexibility index (Phi) is 4.18. The molecule has 1 aromatic heterocycles. The van der Waals surface area contributed by atoms with E-state index in [1.807, 2.05) is 38.1 Å². The minimum absolute atomic E-state index is 0.111. The maximum absolute atomic E-state index is 12.1. The lowest BCUT2D eigenvalue weighted by Crippen LogP contribution is -2.25. The summed E-state index contributed by atoms with van der Waals surface area (Å²) in [7, 11) is 0. The molecule has 0 unspecified atom stereocenters. The topological polar surface area (TPSA) is 69.8 Å². The highest BCUT2D eigenvalue weighted by atomic mass is 16.1.